The molecule has 2 aliphatic rings. The molecule has 0 spiro atoms. The summed E-state index contributed by atoms with van der Waals surface area (Å²) in [5, 5.41) is 0. The van der Waals surface area contributed by atoms with Crippen molar-refractivity contribution in [3.63, 3.8) is 0 Å². The number of carbonyl (C=O) groups excluding carboxylic acids is 3. The zero-order valence-corrected chi connectivity index (χ0v) is 21.0. The first-order valence-electron chi connectivity index (χ1n) is 12.3. The van der Waals surface area contributed by atoms with Gasteiger partial charge < -0.3 is 28.9 Å². The van der Waals surface area contributed by atoms with Crippen molar-refractivity contribution in [3.8, 4) is 11.5 Å². The summed E-state index contributed by atoms with van der Waals surface area (Å²) >= 11 is 0. The lowest BCUT2D eigenvalue weighted by Crippen LogP contribution is -2.55. The van der Waals surface area contributed by atoms with Crippen molar-refractivity contribution in [3.05, 3.63) is 54.1 Å². The fourth-order valence-corrected chi connectivity index (χ4v) is 4.94. The molecule has 2 fully saturated rings. The molecule has 3 amide bonds. The second-order valence-electron chi connectivity index (χ2n) is 8.84. The van der Waals surface area contributed by atoms with Crippen molar-refractivity contribution in [2.75, 3.05) is 51.9 Å². The normalized spacial score (nSPS) is 20.2. The van der Waals surface area contributed by atoms with E-state index in [4.69, 9.17) is 14.2 Å². The third-order valence-electron chi connectivity index (χ3n) is 6.84. The summed E-state index contributed by atoms with van der Waals surface area (Å²) in [6.07, 6.45) is 0.381. The molecule has 2 heterocycles. The summed E-state index contributed by atoms with van der Waals surface area (Å²) < 4.78 is 15.7. The number of nitrogens with zero attached hydrogens (tertiary/aromatic N) is 3. The number of benzene rings is 2. The van der Waals surface area contributed by atoms with Crippen LogP contribution in [0.1, 0.15) is 31.4 Å². The predicted octanol–water partition coefficient (Wildman–Crippen LogP) is 3.49. The van der Waals surface area contributed by atoms with Gasteiger partial charge in [0.2, 0.25) is 11.8 Å². The highest BCUT2D eigenvalue weighted by atomic mass is 16.6. The number of ether oxygens (including phenoxy) is 3. The largest absolute Gasteiger partial charge is 0.497 e. The van der Waals surface area contributed by atoms with Gasteiger partial charge in [0, 0.05) is 38.3 Å². The second kappa shape index (κ2) is 11.3. The van der Waals surface area contributed by atoms with E-state index in [0.717, 1.165) is 5.56 Å². The molecular formula is C27H33N3O6. The third-order valence-corrected chi connectivity index (χ3v) is 6.84. The molecule has 2 unspecified atom stereocenters. The quantitative estimate of drug-likeness (QED) is 0.610. The maximum Gasteiger partial charge on any atom is 0.409 e. The number of piperazine rings is 1. The van der Waals surface area contributed by atoms with Gasteiger partial charge in [-0.05, 0) is 55.3 Å². The topological polar surface area (TPSA) is 88.6 Å². The molecule has 4 rings (SSSR count). The number of anilines is 1. The first-order valence-corrected chi connectivity index (χ1v) is 12.3. The van der Waals surface area contributed by atoms with Crippen LogP contribution in [0.3, 0.4) is 0 Å². The average Bonchev–Trinajstić information content (AvgIpc) is 2.93. The molecular weight excluding hydrogens is 462 g/mol. The second-order valence-corrected chi connectivity index (χ2v) is 8.84. The molecule has 9 nitrogen and oxygen atoms in total. The molecule has 2 aromatic rings. The number of amides is 3. The summed E-state index contributed by atoms with van der Waals surface area (Å²) in [5.41, 5.74) is 1.58. The van der Waals surface area contributed by atoms with Crippen LogP contribution in [0.25, 0.3) is 0 Å². The summed E-state index contributed by atoms with van der Waals surface area (Å²) in [6.45, 7) is 3.80. The highest BCUT2D eigenvalue weighted by Gasteiger charge is 2.43. The van der Waals surface area contributed by atoms with Crippen LogP contribution in [0, 0.1) is 5.92 Å². The lowest BCUT2D eigenvalue weighted by Gasteiger charge is -2.43. The molecule has 2 aliphatic heterocycles. The molecule has 0 radical (unpaired) electrons. The van der Waals surface area contributed by atoms with E-state index in [2.05, 4.69) is 0 Å². The van der Waals surface area contributed by atoms with Gasteiger partial charge in [0.15, 0.2) is 0 Å². The highest BCUT2D eigenvalue weighted by molar-refractivity contribution is 5.97. The summed E-state index contributed by atoms with van der Waals surface area (Å²) in [7, 11) is 3.20. The fraction of sp³-hybridized carbons (Fsp3) is 0.444. The Morgan fingerprint density at radius 1 is 0.861 bits per heavy atom. The van der Waals surface area contributed by atoms with Crippen LogP contribution in [-0.4, -0.2) is 74.7 Å². The van der Waals surface area contributed by atoms with Gasteiger partial charge in [-0.25, -0.2) is 4.79 Å². The Morgan fingerprint density at radius 2 is 1.42 bits per heavy atom. The minimum atomic E-state index is -0.471. The summed E-state index contributed by atoms with van der Waals surface area (Å²) in [6, 6.07) is 14.4. The molecule has 2 atom stereocenters. The van der Waals surface area contributed by atoms with Crippen molar-refractivity contribution >= 4 is 23.6 Å². The Balaban J connectivity index is 1.63. The molecule has 2 saturated heterocycles. The van der Waals surface area contributed by atoms with E-state index in [9.17, 15) is 14.4 Å². The minimum Gasteiger partial charge on any atom is -0.497 e. The number of hydrogen-bond donors (Lipinski definition) is 0. The lowest BCUT2D eigenvalue weighted by atomic mass is 9.82. The van der Waals surface area contributed by atoms with Gasteiger partial charge >= 0.3 is 6.09 Å². The Kier molecular flexibility index (Phi) is 7.97. The van der Waals surface area contributed by atoms with Gasteiger partial charge in [0.1, 0.15) is 11.5 Å². The first-order chi connectivity index (χ1) is 17.5. The van der Waals surface area contributed by atoms with Crippen molar-refractivity contribution in [2.24, 2.45) is 5.92 Å². The monoisotopic (exact) mass is 495 g/mol. The predicted molar refractivity (Wildman–Crippen MR) is 134 cm³/mol. The minimum absolute atomic E-state index is 0.00895. The highest BCUT2D eigenvalue weighted by Crippen LogP contribution is 2.41. The van der Waals surface area contributed by atoms with E-state index in [0.29, 0.717) is 56.4 Å². The molecule has 192 valence electrons. The van der Waals surface area contributed by atoms with Crippen LogP contribution >= 0.6 is 0 Å². The Bertz CT molecular complexity index is 1060. The van der Waals surface area contributed by atoms with Crippen molar-refractivity contribution < 1.29 is 28.6 Å². The lowest BCUT2D eigenvalue weighted by molar-refractivity contribution is -0.140. The SMILES string of the molecule is CCOC(=O)N1CCN(C(=O)C2CCC(=O)N(c3ccc(OC)cc3)C2c2ccc(OC)cc2)CC1. The van der Waals surface area contributed by atoms with Crippen LogP contribution in [0.4, 0.5) is 10.5 Å². The molecule has 0 aromatic heterocycles. The molecule has 2 aromatic carbocycles. The van der Waals surface area contributed by atoms with Gasteiger partial charge in [-0.2, -0.15) is 0 Å². The maximum absolute atomic E-state index is 13.9. The Hall–Kier alpha value is -3.75. The molecule has 0 N–H and O–H groups in total. The van der Waals surface area contributed by atoms with Gasteiger partial charge in [-0.3, -0.25) is 9.59 Å². The van der Waals surface area contributed by atoms with E-state index in [-0.39, 0.29) is 24.3 Å². The van der Waals surface area contributed by atoms with E-state index in [1.165, 1.54) is 0 Å². The van der Waals surface area contributed by atoms with Gasteiger partial charge in [0.25, 0.3) is 0 Å². The van der Waals surface area contributed by atoms with Gasteiger partial charge in [-0.1, -0.05) is 12.1 Å². The standard InChI is InChI=1S/C27H33N3O6/c1-4-36-27(33)29-17-15-28(16-18-29)26(32)23-13-14-24(31)30(20-7-11-22(35-3)12-8-20)25(23)19-5-9-21(34-2)10-6-19/h5-12,23,25H,4,13-18H2,1-3H3. The molecule has 36 heavy (non-hydrogen) atoms. The number of hydrogen-bond acceptors (Lipinski definition) is 6. The Morgan fingerprint density at radius 3 is 1.97 bits per heavy atom. The summed E-state index contributed by atoms with van der Waals surface area (Å²) in [4.78, 5) is 44.4. The Labute approximate surface area is 211 Å². The number of carbonyl (C=O) groups is 3. The molecule has 0 saturated carbocycles. The van der Waals surface area contributed by atoms with Crippen molar-refractivity contribution in [1.82, 2.24) is 9.80 Å². The molecule has 0 bridgehead atoms. The van der Waals surface area contributed by atoms with Gasteiger partial charge in [-0.15, -0.1) is 0 Å². The van der Waals surface area contributed by atoms with Crippen molar-refractivity contribution in [1.29, 1.82) is 0 Å². The fourth-order valence-electron chi connectivity index (χ4n) is 4.94. The zero-order valence-electron chi connectivity index (χ0n) is 21.0. The van der Waals surface area contributed by atoms with Crippen LogP contribution in [0.5, 0.6) is 11.5 Å². The van der Waals surface area contributed by atoms with Crippen LogP contribution < -0.4 is 14.4 Å². The average molecular weight is 496 g/mol. The van der Waals surface area contributed by atoms with E-state index in [1.54, 1.807) is 35.8 Å². The van der Waals surface area contributed by atoms with Crippen LogP contribution in [0.2, 0.25) is 0 Å². The van der Waals surface area contributed by atoms with E-state index in [1.807, 2.05) is 48.5 Å². The van der Waals surface area contributed by atoms with E-state index >= 15 is 0 Å². The molecule has 0 aliphatic carbocycles. The number of rotatable bonds is 6. The first kappa shape index (κ1) is 25.3. The number of methoxy groups -OCH3 is 2. The smallest absolute Gasteiger partial charge is 0.409 e. The number of piperidine rings is 1. The maximum atomic E-state index is 13.9. The van der Waals surface area contributed by atoms with Crippen molar-refractivity contribution in [2.45, 2.75) is 25.8 Å². The van der Waals surface area contributed by atoms with E-state index < -0.39 is 12.0 Å². The van der Waals surface area contributed by atoms with Gasteiger partial charge in [0.05, 0.1) is 32.8 Å². The molecule has 9 heteroatoms. The zero-order chi connectivity index (χ0) is 25.7. The third kappa shape index (κ3) is 5.24. The van der Waals surface area contributed by atoms with Crippen LogP contribution in [0.15, 0.2) is 48.5 Å². The van der Waals surface area contributed by atoms with Crippen LogP contribution in [-0.2, 0) is 14.3 Å². The summed E-state index contributed by atoms with van der Waals surface area (Å²) in [5.74, 6) is 0.931.